The molecule has 1 aromatic heterocycles. The van der Waals surface area contributed by atoms with Crippen molar-refractivity contribution in [2.24, 2.45) is 0 Å². The maximum atomic E-state index is 12.9. The molecule has 9 heteroatoms. The van der Waals surface area contributed by atoms with Gasteiger partial charge in [-0.15, -0.1) is 0 Å². The van der Waals surface area contributed by atoms with E-state index >= 15 is 0 Å². The van der Waals surface area contributed by atoms with Crippen LogP contribution in [0.3, 0.4) is 0 Å². The summed E-state index contributed by atoms with van der Waals surface area (Å²) < 4.78 is 8.05. The van der Waals surface area contributed by atoms with Crippen LogP contribution >= 0.6 is 0 Å². The fourth-order valence-electron chi connectivity index (χ4n) is 3.64. The molecule has 172 valence electrons. The van der Waals surface area contributed by atoms with Crippen LogP contribution in [-0.2, 0) is 30.9 Å². The van der Waals surface area contributed by atoms with Crippen molar-refractivity contribution >= 4 is 12.1 Å². The van der Waals surface area contributed by atoms with E-state index in [1.54, 1.807) is 20.8 Å². The Kier molecular flexibility index (Phi) is 6.88. The molecule has 0 bridgehead atoms. The van der Waals surface area contributed by atoms with E-state index in [4.69, 9.17) is 4.74 Å². The highest BCUT2D eigenvalue weighted by atomic mass is 16.6. The molecule has 9 nitrogen and oxygen atoms in total. The lowest BCUT2D eigenvalue weighted by Crippen LogP contribution is -2.43. The third-order valence-electron chi connectivity index (χ3n) is 5.05. The van der Waals surface area contributed by atoms with E-state index in [0.29, 0.717) is 24.4 Å². The first-order valence-electron chi connectivity index (χ1n) is 10.5. The zero-order chi connectivity index (χ0) is 23.5. The number of aromatic nitrogens is 2. The summed E-state index contributed by atoms with van der Waals surface area (Å²) in [6.45, 7) is 10.9. The van der Waals surface area contributed by atoms with Gasteiger partial charge in [0, 0.05) is 32.7 Å². The second kappa shape index (κ2) is 9.44. The lowest BCUT2D eigenvalue weighted by Gasteiger charge is -2.30. The molecule has 0 spiro atoms. The fourth-order valence-corrected chi connectivity index (χ4v) is 3.64. The Balaban J connectivity index is 1.74. The van der Waals surface area contributed by atoms with Crippen molar-refractivity contribution in [2.45, 2.75) is 52.6 Å². The van der Waals surface area contributed by atoms with Crippen LogP contribution in [0.1, 0.15) is 42.5 Å². The van der Waals surface area contributed by atoms with Gasteiger partial charge in [-0.2, -0.15) is 0 Å². The van der Waals surface area contributed by atoms with Crippen LogP contribution in [0.2, 0.25) is 0 Å². The molecule has 1 aliphatic heterocycles. The van der Waals surface area contributed by atoms with Crippen LogP contribution in [0.25, 0.3) is 0 Å². The first kappa shape index (κ1) is 23.3. The van der Waals surface area contributed by atoms with E-state index in [1.807, 2.05) is 30.3 Å². The molecule has 1 aliphatic rings. The number of benzene rings is 1. The van der Waals surface area contributed by atoms with Gasteiger partial charge in [0.2, 0.25) is 0 Å². The van der Waals surface area contributed by atoms with Crippen LogP contribution in [0, 0.1) is 0 Å². The monoisotopic (exact) mass is 442 g/mol. The molecule has 1 aromatic carbocycles. The summed E-state index contributed by atoms with van der Waals surface area (Å²) in [6.07, 6.45) is -0.533. The van der Waals surface area contributed by atoms with Gasteiger partial charge in [-0.05, 0) is 31.9 Å². The van der Waals surface area contributed by atoms with Crippen molar-refractivity contribution in [3.8, 4) is 0 Å². The lowest BCUT2D eigenvalue weighted by atomic mass is 10.2. The number of aromatic carboxylic acids is 1. The second-order valence-corrected chi connectivity index (χ2v) is 8.86. The van der Waals surface area contributed by atoms with Gasteiger partial charge in [0.15, 0.2) is 5.69 Å². The first-order valence-corrected chi connectivity index (χ1v) is 10.5. The molecule has 1 amide bonds. The molecule has 0 fully saturated rings. The van der Waals surface area contributed by atoms with Crippen molar-refractivity contribution in [2.75, 3.05) is 13.1 Å². The average molecular weight is 443 g/mol. The largest absolute Gasteiger partial charge is 0.477 e. The van der Waals surface area contributed by atoms with Crippen LogP contribution in [0.15, 0.2) is 47.3 Å². The predicted molar refractivity (Wildman–Crippen MR) is 120 cm³/mol. The first-order chi connectivity index (χ1) is 15.1. The summed E-state index contributed by atoms with van der Waals surface area (Å²) in [4.78, 5) is 38.9. The van der Waals surface area contributed by atoms with E-state index in [2.05, 4.69) is 11.9 Å². The number of amides is 1. The highest BCUT2D eigenvalue weighted by Crippen LogP contribution is 2.19. The molecular weight excluding hydrogens is 412 g/mol. The van der Waals surface area contributed by atoms with Crippen molar-refractivity contribution in [3.63, 3.8) is 0 Å². The number of imidazole rings is 1. The van der Waals surface area contributed by atoms with E-state index < -0.39 is 23.4 Å². The summed E-state index contributed by atoms with van der Waals surface area (Å²) in [5.41, 5.74) is 0.894. The number of carboxylic acids is 1. The third-order valence-corrected chi connectivity index (χ3v) is 5.05. The minimum Gasteiger partial charge on any atom is -0.477 e. The van der Waals surface area contributed by atoms with E-state index in [9.17, 15) is 19.5 Å². The molecule has 2 heterocycles. The van der Waals surface area contributed by atoms with E-state index in [1.165, 1.54) is 14.0 Å². The summed E-state index contributed by atoms with van der Waals surface area (Å²) in [5.74, 6) is -1.22. The van der Waals surface area contributed by atoms with Crippen molar-refractivity contribution in [1.82, 2.24) is 19.4 Å². The summed E-state index contributed by atoms with van der Waals surface area (Å²) >= 11 is 0. The Morgan fingerprint density at radius 3 is 2.50 bits per heavy atom. The summed E-state index contributed by atoms with van der Waals surface area (Å²) in [6, 6.07) is 9.86. The van der Waals surface area contributed by atoms with E-state index in [0.717, 1.165) is 5.56 Å². The number of nitrogens with zero attached hydrogens (tertiary/aromatic N) is 3. The standard InChI is InChI=1S/C23H30N4O5/c1-16(12-24-13-17-8-6-5-7-9-17)14-27-19(20(28)29)18-15-25(10-11-26(18)21(27)30)22(31)32-23(2,3)4/h5-9,24H,1,10-15H2,2-4H3,(H,28,29). The summed E-state index contributed by atoms with van der Waals surface area (Å²) in [5, 5.41) is 13.1. The second-order valence-electron chi connectivity index (χ2n) is 8.86. The highest BCUT2D eigenvalue weighted by Gasteiger charge is 2.32. The summed E-state index contributed by atoms with van der Waals surface area (Å²) in [7, 11) is 0. The van der Waals surface area contributed by atoms with Crippen LogP contribution < -0.4 is 11.0 Å². The van der Waals surface area contributed by atoms with Gasteiger partial charge < -0.3 is 20.1 Å². The Morgan fingerprint density at radius 2 is 1.88 bits per heavy atom. The zero-order valence-corrected chi connectivity index (χ0v) is 18.8. The molecule has 2 aromatic rings. The smallest absolute Gasteiger partial charge is 0.410 e. The molecule has 0 aliphatic carbocycles. The fraction of sp³-hybridized carbons (Fsp3) is 0.435. The number of rotatable bonds is 7. The molecule has 2 N–H and O–H groups in total. The molecule has 0 saturated carbocycles. The quantitative estimate of drug-likeness (QED) is 0.638. The number of hydrogen-bond donors (Lipinski definition) is 2. The number of carbonyl (C=O) groups excluding carboxylic acids is 1. The molecule has 3 rings (SSSR count). The Morgan fingerprint density at radius 1 is 1.19 bits per heavy atom. The van der Waals surface area contributed by atoms with Crippen LogP contribution in [0.4, 0.5) is 4.79 Å². The predicted octanol–water partition coefficient (Wildman–Crippen LogP) is 2.44. The number of ether oxygens (including phenoxy) is 1. The van der Waals surface area contributed by atoms with Crippen LogP contribution in [-0.4, -0.2) is 49.9 Å². The van der Waals surface area contributed by atoms with Gasteiger partial charge in [-0.3, -0.25) is 9.13 Å². The van der Waals surface area contributed by atoms with Crippen molar-refractivity contribution < 1.29 is 19.4 Å². The van der Waals surface area contributed by atoms with Gasteiger partial charge in [0.05, 0.1) is 12.2 Å². The molecule has 32 heavy (non-hydrogen) atoms. The minimum absolute atomic E-state index is 0.00246. The molecule has 0 unspecified atom stereocenters. The van der Waals surface area contributed by atoms with Crippen molar-refractivity contribution in [3.05, 3.63) is 69.9 Å². The highest BCUT2D eigenvalue weighted by molar-refractivity contribution is 5.87. The molecular formula is C23H30N4O5. The number of fused-ring (bicyclic) bond motifs is 1. The minimum atomic E-state index is -1.22. The maximum Gasteiger partial charge on any atom is 0.410 e. The number of nitrogens with one attached hydrogen (secondary N) is 1. The Bertz CT molecular complexity index is 1060. The third kappa shape index (κ3) is 5.47. The number of carboxylic acid groups (broad SMARTS) is 1. The SMILES string of the molecule is C=C(CNCc1ccccc1)Cn1c(C(=O)O)c2n(c1=O)CCN(C(=O)OC(C)(C)C)C2. The number of carbonyl (C=O) groups is 2. The van der Waals surface area contributed by atoms with E-state index in [-0.39, 0.29) is 31.9 Å². The molecule has 0 saturated heterocycles. The van der Waals surface area contributed by atoms with Gasteiger partial charge in [-0.25, -0.2) is 14.4 Å². The Labute approximate surface area is 186 Å². The zero-order valence-electron chi connectivity index (χ0n) is 18.8. The molecule has 0 atom stereocenters. The normalized spacial score (nSPS) is 13.5. The lowest BCUT2D eigenvalue weighted by molar-refractivity contribution is 0.0195. The van der Waals surface area contributed by atoms with Crippen LogP contribution in [0.5, 0.6) is 0 Å². The average Bonchev–Trinajstić information content (AvgIpc) is 2.99. The van der Waals surface area contributed by atoms with Gasteiger partial charge >= 0.3 is 17.8 Å². The van der Waals surface area contributed by atoms with Gasteiger partial charge in [0.25, 0.3) is 0 Å². The van der Waals surface area contributed by atoms with Crippen molar-refractivity contribution in [1.29, 1.82) is 0 Å². The topological polar surface area (TPSA) is 106 Å². The van der Waals surface area contributed by atoms with Gasteiger partial charge in [-0.1, -0.05) is 36.9 Å². The van der Waals surface area contributed by atoms with Gasteiger partial charge in [0.1, 0.15) is 5.60 Å². The molecule has 0 radical (unpaired) electrons. The number of hydrogen-bond acceptors (Lipinski definition) is 5. The Hall–Kier alpha value is -3.33. The maximum absolute atomic E-state index is 12.9.